The number of nitrogens with zero attached hydrogens (tertiary/aromatic N) is 1. The van der Waals surface area contributed by atoms with E-state index in [1.165, 1.54) is 25.2 Å². The molecule has 1 heterocycles. The van der Waals surface area contributed by atoms with Crippen LogP contribution >= 0.6 is 11.3 Å². The van der Waals surface area contributed by atoms with Gasteiger partial charge in [0.15, 0.2) is 5.13 Å². The second-order valence-electron chi connectivity index (χ2n) is 6.83. The third-order valence-electron chi connectivity index (χ3n) is 4.16. The minimum Gasteiger partial charge on any atom is -0.465 e. The smallest absolute Gasteiger partial charge is 0.405 e. The molecule has 28 heavy (non-hydrogen) atoms. The van der Waals surface area contributed by atoms with E-state index < -0.39 is 17.5 Å². The molecule has 0 saturated heterocycles. The van der Waals surface area contributed by atoms with E-state index >= 15 is 0 Å². The van der Waals surface area contributed by atoms with Gasteiger partial charge in [0.05, 0.1) is 5.69 Å². The highest BCUT2D eigenvalue weighted by atomic mass is 32.1. The second kappa shape index (κ2) is 8.22. The Bertz CT molecular complexity index is 969. The van der Waals surface area contributed by atoms with E-state index in [0.29, 0.717) is 11.6 Å². The first-order valence-corrected chi connectivity index (χ1v) is 9.58. The molecule has 0 aliphatic rings. The highest BCUT2D eigenvalue weighted by Gasteiger charge is 2.30. The largest absolute Gasteiger partial charge is 0.465 e. The first kappa shape index (κ1) is 19.6. The number of rotatable bonds is 6. The van der Waals surface area contributed by atoms with Crippen molar-refractivity contribution in [3.8, 4) is 11.3 Å². The van der Waals surface area contributed by atoms with Crippen molar-refractivity contribution in [3.05, 3.63) is 71.1 Å². The Morgan fingerprint density at radius 1 is 1.04 bits per heavy atom. The fourth-order valence-electron chi connectivity index (χ4n) is 2.71. The molecule has 0 unspecified atom stereocenters. The Hall–Kier alpha value is -3.19. The van der Waals surface area contributed by atoms with Crippen LogP contribution in [0.5, 0.6) is 0 Å². The maximum atomic E-state index is 12.5. The van der Waals surface area contributed by atoms with Gasteiger partial charge in [-0.3, -0.25) is 10.1 Å². The lowest BCUT2D eigenvalue weighted by atomic mass is 10.1. The molecule has 0 aliphatic heterocycles. The average molecular weight is 395 g/mol. The lowest BCUT2D eigenvalue weighted by molar-refractivity contribution is -0.121. The van der Waals surface area contributed by atoms with Crippen LogP contribution in [-0.4, -0.2) is 27.6 Å². The summed E-state index contributed by atoms with van der Waals surface area (Å²) in [6, 6.07) is 19.8. The zero-order valence-corrected chi connectivity index (χ0v) is 16.4. The van der Waals surface area contributed by atoms with Crippen LogP contribution in [0.2, 0.25) is 0 Å². The van der Waals surface area contributed by atoms with Gasteiger partial charge in [0.25, 0.3) is 5.91 Å². The third kappa shape index (κ3) is 4.75. The normalized spacial score (nSPS) is 11.1. The molecule has 2 amide bonds. The number of carboxylic acid groups (broad SMARTS) is 1. The fraction of sp³-hybridized carbons (Fsp3) is 0.190. The summed E-state index contributed by atoms with van der Waals surface area (Å²) in [5.41, 5.74) is 1.65. The Kier molecular flexibility index (Phi) is 5.75. The van der Waals surface area contributed by atoms with Crippen LogP contribution in [0.1, 0.15) is 24.3 Å². The molecule has 1 aromatic heterocycles. The number of benzene rings is 2. The van der Waals surface area contributed by atoms with Crippen molar-refractivity contribution in [1.29, 1.82) is 0 Å². The second-order valence-corrected chi connectivity index (χ2v) is 7.91. The van der Waals surface area contributed by atoms with E-state index in [-0.39, 0.29) is 0 Å². The summed E-state index contributed by atoms with van der Waals surface area (Å²) in [4.78, 5) is 29.1. The molecule has 144 valence electrons. The van der Waals surface area contributed by atoms with Gasteiger partial charge in [0.1, 0.15) is 5.54 Å². The van der Waals surface area contributed by atoms with Crippen molar-refractivity contribution in [1.82, 2.24) is 10.3 Å². The van der Waals surface area contributed by atoms with Crippen LogP contribution < -0.4 is 10.6 Å². The fourth-order valence-corrected chi connectivity index (χ4v) is 3.72. The minimum atomic E-state index is -1.27. The molecule has 0 radical (unpaired) electrons. The molecule has 3 rings (SSSR count). The van der Waals surface area contributed by atoms with E-state index in [0.717, 1.165) is 21.7 Å². The van der Waals surface area contributed by atoms with E-state index in [1.807, 2.05) is 60.7 Å². The highest BCUT2D eigenvalue weighted by molar-refractivity contribution is 7.16. The van der Waals surface area contributed by atoms with E-state index in [4.69, 9.17) is 5.11 Å². The van der Waals surface area contributed by atoms with Crippen LogP contribution in [-0.2, 0) is 11.2 Å². The van der Waals surface area contributed by atoms with E-state index in [1.54, 1.807) is 0 Å². The summed E-state index contributed by atoms with van der Waals surface area (Å²) in [5.74, 6) is -0.463. The van der Waals surface area contributed by atoms with E-state index in [2.05, 4.69) is 15.6 Å². The topological polar surface area (TPSA) is 91.3 Å². The Labute approximate surface area is 167 Å². The number of amides is 2. The Morgan fingerprint density at radius 3 is 2.25 bits per heavy atom. The van der Waals surface area contributed by atoms with Gasteiger partial charge in [0, 0.05) is 16.9 Å². The van der Waals surface area contributed by atoms with Gasteiger partial charge in [0.2, 0.25) is 0 Å². The average Bonchev–Trinajstić information content (AvgIpc) is 3.04. The third-order valence-corrected chi connectivity index (χ3v) is 5.13. The first-order valence-electron chi connectivity index (χ1n) is 8.77. The molecule has 0 atom stereocenters. The number of nitrogens with one attached hydrogen (secondary N) is 2. The molecule has 7 heteroatoms. The summed E-state index contributed by atoms with van der Waals surface area (Å²) in [5, 5.41) is 14.3. The van der Waals surface area contributed by atoms with Crippen molar-refractivity contribution in [2.24, 2.45) is 0 Å². The first-order chi connectivity index (χ1) is 13.3. The number of hydrogen-bond acceptors (Lipinski definition) is 4. The molecule has 0 bridgehead atoms. The summed E-state index contributed by atoms with van der Waals surface area (Å²) in [7, 11) is 0. The maximum Gasteiger partial charge on any atom is 0.405 e. The summed E-state index contributed by atoms with van der Waals surface area (Å²) >= 11 is 1.39. The zero-order valence-electron chi connectivity index (χ0n) is 15.6. The molecule has 6 nitrogen and oxygen atoms in total. The number of carbonyl (C=O) groups is 2. The van der Waals surface area contributed by atoms with Crippen LogP contribution in [0, 0.1) is 0 Å². The predicted molar refractivity (Wildman–Crippen MR) is 111 cm³/mol. The number of hydrogen-bond donors (Lipinski definition) is 3. The molecule has 0 aliphatic carbocycles. The quantitative estimate of drug-likeness (QED) is 0.577. The van der Waals surface area contributed by atoms with Crippen molar-refractivity contribution >= 4 is 28.5 Å². The molecule has 0 fully saturated rings. The lowest BCUT2D eigenvalue weighted by Gasteiger charge is -2.22. The van der Waals surface area contributed by atoms with Gasteiger partial charge in [-0.05, 0) is 19.4 Å². The van der Waals surface area contributed by atoms with Crippen LogP contribution in [0.25, 0.3) is 11.3 Å². The number of carbonyl (C=O) groups excluding carboxylic acids is 1. The maximum absolute atomic E-state index is 12.5. The standard InChI is InChI=1S/C21H21N3O3S/c1-21(2,24-20(26)27)18(25)23-19-22-17(15-11-7-4-8-12-15)16(28-19)13-14-9-5-3-6-10-14/h3-12,24H,13H2,1-2H3,(H,26,27)(H,22,23,25). The zero-order chi connectivity index (χ0) is 20.1. The predicted octanol–water partition coefficient (Wildman–Crippen LogP) is 4.39. The van der Waals surface area contributed by atoms with Gasteiger partial charge in [-0.1, -0.05) is 60.7 Å². The van der Waals surface area contributed by atoms with Gasteiger partial charge < -0.3 is 10.4 Å². The number of aromatic nitrogens is 1. The summed E-state index contributed by atoms with van der Waals surface area (Å²) < 4.78 is 0. The lowest BCUT2D eigenvalue weighted by Crippen LogP contribution is -2.51. The molecule has 0 spiro atoms. The monoisotopic (exact) mass is 395 g/mol. The van der Waals surface area contributed by atoms with Crippen molar-refractivity contribution in [2.45, 2.75) is 25.8 Å². The molecule has 3 N–H and O–H groups in total. The van der Waals surface area contributed by atoms with Crippen molar-refractivity contribution < 1.29 is 14.7 Å². The summed E-state index contributed by atoms with van der Waals surface area (Å²) in [6.07, 6.45) is -0.566. The van der Waals surface area contributed by atoms with E-state index in [9.17, 15) is 9.59 Å². The minimum absolute atomic E-state index is 0.440. The highest BCUT2D eigenvalue weighted by Crippen LogP contribution is 2.33. The summed E-state index contributed by atoms with van der Waals surface area (Å²) in [6.45, 7) is 3.01. The van der Waals surface area contributed by atoms with Gasteiger partial charge in [-0.2, -0.15) is 0 Å². The van der Waals surface area contributed by atoms with Gasteiger partial charge in [-0.25, -0.2) is 9.78 Å². The molecular weight excluding hydrogens is 374 g/mol. The Balaban J connectivity index is 1.90. The van der Waals surface area contributed by atoms with Crippen LogP contribution in [0.4, 0.5) is 9.93 Å². The molecule has 0 saturated carbocycles. The Morgan fingerprint density at radius 2 is 1.64 bits per heavy atom. The molecular formula is C21H21N3O3S. The number of thiazole rings is 1. The molecule has 2 aromatic carbocycles. The SMILES string of the molecule is CC(C)(NC(=O)O)C(=O)Nc1nc(-c2ccccc2)c(Cc2ccccc2)s1. The molecule has 3 aromatic rings. The van der Waals surface area contributed by atoms with Crippen LogP contribution in [0.3, 0.4) is 0 Å². The number of anilines is 1. The van der Waals surface area contributed by atoms with Crippen LogP contribution in [0.15, 0.2) is 60.7 Å². The van der Waals surface area contributed by atoms with Crippen molar-refractivity contribution in [2.75, 3.05) is 5.32 Å². The van der Waals surface area contributed by atoms with Gasteiger partial charge in [-0.15, -0.1) is 11.3 Å². The van der Waals surface area contributed by atoms with Gasteiger partial charge >= 0.3 is 6.09 Å². The van der Waals surface area contributed by atoms with Crippen molar-refractivity contribution in [3.63, 3.8) is 0 Å².